The molecule has 1 aliphatic rings. The number of methoxy groups -OCH3 is 1. The molecule has 7 nitrogen and oxygen atoms in total. The van der Waals surface area contributed by atoms with Gasteiger partial charge in [0, 0.05) is 31.4 Å². The fraction of sp³-hybridized carbons (Fsp3) is 0.318. The minimum absolute atomic E-state index is 0.0634. The van der Waals surface area contributed by atoms with E-state index in [1.807, 2.05) is 6.07 Å². The Morgan fingerprint density at radius 1 is 1.17 bits per heavy atom. The summed E-state index contributed by atoms with van der Waals surface area (Å²) < 4.78 is 10.5. The number of nitrogens with one attached hydrogen (secondary N) is 1. The average Bonchev–Trinajstić information content (AvgIpc) is 2.73. The molecular weight excluding hydrogens is 372 g/mol. The predicted molar refractivity (Wildman–Crippen MR) is 108 cm³/mol. The fourth-order valence-corrected chi connectivity index (χ4v) is 3.11. The molecule has 0 bridgehead atoms. The lowest BCUT2D eigenvalue weighted by Gasteiger charge is -2.30. The normalized spacial score (nSPS) is 12.9. The van der Waals surface area contributed by atoms with Crippen LogP contribution in [0.4, 0.5) is 5.69 Å². The molecular formula is C22H24N2O5. The number of anilines is 1. The van der Waals surface area contributed by atoms with E-state index in [0.29, 0.717) is 35.7 Å². The molecule has 0 spiro atoms. The molecule has 1 heterocycles. The molecule has 152 valence electrons. The standard InChI is InChI=1S/C22H24N2O5/c1-15(25)17-7-8-20-19(12-17)24(21(26)14-29-20)13-16-5-3-6-18(11-16)22(27)23-9-4-10-28-2/h3,5-8,11-12H,4,9-10,13-14H2,1-2H3,(H,23,27). The van der Waals surface area contributed by atoms with Gasteiger partial charge in [-0.3, -0.25) is 14.4 Å². The molecule has 1 N–H and O–H groups in total. The van der Waals surface area contributed by atoms with Crippen molar-refractivity contribution in [2.24, 2.45) is 0 Å². The smallest absolute Gasteiger partial charge is 0.265 e. The number of hydrogen-bond acceptors (Lipinski definition) is 5. The minimum atomic E-state index is -0.201. The van der Waals surface area contributed by atoms with E-state index in [0.717, 1.165) is 12.0 Å². The second-order valence-corrected chi connectivity index (χ2v) is 6.81. The number of ketones is 1. The van der Waals surface area contributed by atoms with Crippen LogP contribution in [0.1, 0.15) is 39.6 Å². The first-order chi connectivity index (χ1) is 14.0. The van der Waals surface area contributed by atoms with Crippen LogP contribution in [-0.4, -0.2) is 44.5 Å². The molecule has 0 unspecified atom stereocenters. The van der Waals surface area contributed by atoms with Crippen molar-refractivity contribution in [1.29, 1.82) is 0 Å². The third kappa shape index (κ3) is 5.00. The van der Waals surface area contributed by atoms with Crippen molar-refractivity contribution >= 4 is 23.3 Å². The molecule has 0 fully saturated rings. The SMILES string of the molecule is COCCCNC(=O)c1cccc(CN2C(=O)COc3ccc(C(C)=O)cc32)c1. The highest BCUT2D eigenvalue weighted by molar-refractivity contribution is 6.01. The Hall–Kier alpha value is -3.19. The second-order valence-electron chi connectivity index (χ2n) is 6.81. The molecule has 2 aromatic rings. The second kappa shape index (κ2) is 9.34. The van der Waals surface area contributed by atoms with Gasteiger partial charge < -0.3 is 19.7 Å². The van der Waals surface area contributed by atoms with Crippen molar-refractivity contribution in [3.8, 4) is 5.75 Å². The Labute approximate surface area is 169 Å². The van der Waals surface area contributed by atoms with E-state index in [2.05, 4.69) is 5.32 Å². The summed E-state index contributed by atoms with van der Waals surface area (Å²) in [5.74, 6) is 0.0997. The summed E-state index contributed by atoms with van der Waals surface area (Å²) in [6, 6.07) is 12.2. The molecule has 0 aliphatic carbocycles. The van der Waals surface area contributed by atoms with Gasteiger partial charge >= 0.3 is 0 Å². The van der Waals surface area contributed by atoms with Crippen molar-refractivity contribution in [2.45, 2.75) is 19.9 Å². The van der Waals surface area contributed by atoms with Crippen LogP contribution < -0.4 is 15.0 Å². The highest BCUT2D eigenvalue weighted by atomic mass is 16.5. The van der Waals surface area contributed by atoms with Crippen LogP contribution >= 0.6 is 0 Å². The predicted octanol–water partition coefficient (Wildman–Crippen LogP) is 2.58. The van der Waals surface area contributed by atoms with Gasteiger partial charge in [0.25, 0.3) is 11.8 Å². The van der Waals surface area contributed by atoms with Gasteiger partial charge in [0.1, 0.15) is 5.75 Å². The van der Waals surface area contributed by atoms with Crippen LogP contribution in [0, 0.1) is 0 Å². The number of hydrogen-bond donors (Lipinski definition) is 1. The average molecular weight is 396 g/mol. The molecule has 7 heteroatoms. The van der Waals surface area contributed by atoms with Gasteiger partial charge in [-0.25, -0.2) is 0 Å². The number of rotatable bonds is 8. The lowest BCUT2D eigenvalue weighted by molar-refractivity contribution is -0.121. The lowest BCUT2D eigenvalue weighted by atomic mass is 10.1. The van der Waals surface area contributed by atoms with Gasteiger partial charge in [-0.1, -0.05) is 12.1 Å². The zero-order chi connectivity index (χ0) is 20.8. The molecule has 2 amide bonds. The van der Waals surface area contributed by atoms with Crippen LogP contribution in [0.2, 0.25) is 0 Å². The van der Waals surface area contributed by atoms with Crippen molar-refractivity contribution in [3.63, 3.8) is 0 Å². The summed E-state index contributed by atoms with van der Waals surface area (Å²) in [6.45, 7) is 2.81. The van der Waals surface area contributed by atoms with Crippen LogP contribution in [0.15, 0.2) is 42.5 Å². The van der Waals surface area contributed by atoms with E-state index in [9.17, 15) is 14.4 Å². The Balaban J connectivity index is 1.78. The fourth-order valence-electron chi connectivity index (χ4n) is 3.11. The largest absolute Gasteiger partial charge is 0.482 e. The lowest BCUT2D eigenvalue weighted by Crippen LogP contribution is -2.38. The van der Waals surface area contributed by atoms with Crippen molar-refractivity contribution < 1.29 is 23.9 Å². The Kier molecular flexibility index (Phi) is 6.61. The van der Waals surface area contributed by atoms with Gasteiger partial charge in [0.05, 0.1) is 12.2 Å². The van der Waals surface area contributed by atoms with Crippen LogP contribution in [-0.2, 0) is 16.1 Å². The monoisotopic (exact) mass is 396 g/mol. The number of fused-ring (bicyclic) bond motifs is 1. The molecule has 1 aliphatic heterocycles. The summed E-state index contributed by atoms with van der Waals surface area (Å²) in [6.07, 6.45) is 0.736. The number of carbonyl (C=O) groups excluding carboxylic acids is 3. The first kappa shape index (κ1) is 20.5. The zero-order valence-electron chi connectivity index (χ0n) is 16.6. The number of amides is 2. The van der Waals surface area contributed by atoms with E-state index >= 15 is 0 Å². The maximum atomic E-state index is 12.5. The number of carbonyl (C=O) groups is 3. The molecule has 3 rings (SSSR count). The number of benzene rings is 2. The first-order valence-electron chi connectivity index (χ1n) is 9.44. The molecule has 0 saturated carbocycles. The van der Waals surface area contributed by atoms with Gasteiger partial charge in [0.2, 0.25) is 0 Å². The summed E-state index contributed by atoms with van der Waals surface area (Å²) in [5, 5.41) is 2.85. The molecule has 0 atom stereocenters. The molecule has 29 heavy (non-hydrogen) atoms. The molecule has 0 aromatic heterocycles. The Morgan fingerprint density at radius 2 is 2.00 bits per heavy atom. The maximum absolute atomic E-state index is 12.5. The summed E-state index contributed by atoms with van der Waals surface area (Å²) >= 11 is 0. The van der Waals surface area contributed by atoms with E-state index in [1.54, 1.807) is 48.4 Å². The van der Waals surface area contributed by atoms with Crippen molar-refractivity contribution in [1.82, 2.24) is 5.32 Å². The molecule has 0 saturated heterocycles. The Bertz CT molecular complexity index is 925. The van der Waals surface area contributed by atoms with Gasteiger partial charge in [-0.15, -0.1) is 0 Å². The maximum Gasteiger partial charge on any atom is 0.265 e. The first-order valence-corrected chi connectivity index (χ1v) is 9.44. The highest BCUT2D eigenvalue weighted by Crippen LogP contribution is 2.34. The molecule has 2 aromatic carbocycles. The summed E-state index contributed by atoms with van der Waals surface area (Å²) in [5.41, 5.74) is 2.40. The van der Waals surface area contributed by atoms with Crippen molar-refractivity contribution in [3.05, 3.63) is 59.2 Å². The van der Waals surface area contributed by atoms with E-state index < -0.39 is 0 Å². The highest BCUT2D eigenvalue weighted by Gasteiger charge is 2.26. The minimum Gasteiger partial charge on any atom is -0.482 e. The van der Waals surface area contributed by atoms with Crippen LogP contribution in [0.5, 0.6) is 5.75 Å². The third-order valence-corrected chi connectivity index (χ3v) is 4.65. The number of nitrogens with zero attached hydrogens (tertiary/aromatic N) is 1. The topological polar surface area (TPSA) is 84.9 Å². The zero-order valence-corrected chi connectivity index (χ0v) is 16.6. The van der Waals surface area contributed by atoms with E-state index in [1.165, 1.54) is 6.92 Å². The summed E-state index contributed by atoms with van der Waals surface area (Å²) in [4.78, 5) is 38.1. The van der Waals surface area contributed by atoms with Gasteiger partial charge in [-0.05, 0) is 49.2 Å². The van der Waals surface area contributed by atoms with Gasteiger partial charge in [-0.2, -0.15) is 0 Å². The third-order valence-electron chi connectivity index (χ3n) is 4.65. The number of ether oxygens (including phenoxy) is 2. The molecule has 0 radical (unpaired) electrons. The van der Waals surface area contributed by atoms with Gasteiger partial charge in [0.15, 0.2) is 12.4 Å². The van der Waals surface area contributed by atoms with Crippen molar-refractivity contribution in [2.75, 3.05) is 31.8 Å². The van der Waals surface area contributed by atoms with Crippen LogP contribution in [0.3, 0.4) is 0 Å². The quantitative estimate of drug-likeness (QED) is 0.548. The number of Topliss-reactive ketones (excluding diaryl/α,β-unsaturated/α-hetero) is 1. The van der Waals surface area contributed by atoms with E-state index in [4.69, 9.17) is 9.47 Å². The van der Waals surface area contributed by atoms with Crippen LogP contribution in [0.25, 0.3) is 0 Å². The van der Waals surface area contributed by atoms with E-state index in [-0.39, 0.29) is 30.7 Å². The summed E-state index contributed by atoms with van der Waals surface area (Å²) in [7, 11) is 1.62. The Morgan fingerprint density at radius 3 is 2.76 bits per heavy atom.